The lowest BCUT2D eigenvalue weighted by Gasteiger charge is -2.00. The average Bonchev–Trinajstić information content (AvgIpc) is 2.49. The lowest BCUT2D eigenvalue weighted by Crippen LogP contribution is -1.84. The summed E-state index contributed by atoms with van der Waals surface area (Å²) >= 11 is 3.15. The predicted molar refractivity (Wildman–Crippen MR) is 47.7 cm³/mol. The van der Waals surface area contributed by atoms with Crippen molar-refractivity contribution in [3.8, 4) is 0 Å². The van der Waals surface area contributed by atoms with Crippen LogP contribution < -0.4 is 0 Å². The normalized spacial score (nSPS) is 11.4. The zero-order valence-electron chi connectivity index (χ0n) is 6.35. The van der Waals surface area contributed by atoms with Crippen molar-refractivity contribution in [1.29, 1.82) is 0 Å². The Morgan fingerprint density at radius 1 is 1.38 bits per heavy atom. The molecule has 0 unspecified atom stereocenters. The van der Waals surface area contributed by atoms with Gasteiger partial charge in [-0.05, 0) is 18.2 Å². The van der Waals surface area contributed by atoms with Gasteiger partial charge in [-0.25, -0.2) is 8.78 Å². The van der Waals surface area contributed by atoms with Gasteiger partial charge in [-0.2, -0.15) is 0 Å². The molecule has 2 aromatic rings. The molecular weight excluding hydrogens is 242 g/mol. The van der Waals surface area contributed by atoms with Crippen LogP contribution in [0.25, 0.3) is 11.0 Å². The first kappa shape index (κ1) is 8.69. The third kappa shape index (κ3) is 1.46. The molecule has 0 aliphatic carbocycles. The van der Waals surface area contributed by atoms with Crippen LogP contribution in [-0.4, -0.2) is 0 Å². The maximum atomic E-state index is 12.5. The molecule has 1 nitrogen and oxygen atoms in total. The van der Waals surface area contributed by atoms with Gasteiger partial charge in [0.05, 0.1) is 5.56 Å². The molecule has 1 heterocycles. The average molecular weight is 246 g/mol. The molecule has 0 fully saturated rings. The van der Waals surface area contributed by atoms with E-state index in [0.29, 0.717) is 9.86 Å². The van der Waals surface area contributed by atoms with Gasteiger partial charge in [0.25, 0.3) is 6.43 Å². The van der Waals surface area contributed by atoms with E-state index in [1.54, 1.807) is 6.07 Å². The van der Waals surface area contributed by atoms with E-state index >= 15 is 0 Å². The maximum Gasteiger partial charge on any atom is 0.267 e. The van der Waals surface area contributed by atoms with E-state index in [1.165, 1.54) is 12.1 Å². The zero-order valence-corrected chi connectivity index (χ0v) is 7.94. The van der Waals surface area contributed by atoms with E-state index in [-0.39, 0.29) is 11.1 Å². The van der Waals surface area contributed by atoms with Crippen molar-refractivity contribution in [2.75, 3.05) is 0 Å². The summed E-state index contributed by atoms with van der Waals surface area (Å²) in [4.78, 5) is 0. The topological polar surface area (TPSA) is 13.1 Å². The van der Waals surface area contributed by atoms with E-state index in [1.807, 2.05) is 0 Å². The van der Waals surface area contributed by atoms with Crippen molar-refractivity contribution >= 4 is 26.9 Å². The van der Waals surface area contributed by atoms with Crippen molar-refractivity contribution in [2.24, 2.45) is 0 Å². The van der Waals surface area contributed by atoms with Crippen molar-refractivity contribution in [3.05, 3.63) is 34.5 Å². The van der Waals surface area contributed by atoms with Crippen LogP contribution in [-0.2, 0) is 0 Å². The second-order valence-corrected chi connectivity index (χ2v) is 3.49. The molecule has 0 aliphatic heterocycles. The highest BCUT2D eigenvalue weighted by Gasteiger charge is 2.14. The SMILES string of the molecule is FC(F)c1cc(Br)cc2c[c]oc12. The molecule has 13 heavy (non-hydrogen) atoms. The Balaban J connectivity index is 2.77. The zero-order chi connectivity index (χ0) is 9.42. The molecule has 0 N–H and O–H groups in total. The van der Waals surface area contributed by atoms with Crippen LogP contribution in [0, 0.1) is 6.26 Å². The number of hydrogen-bond donors (Lipinski definition) is 0. The van der Waals surface area contributed by atoms with Gasteiger partial charge < -0.3 is 4.42 Å². The van der Waals surface area contributed by atoms with E-state index in [2.05, 4.69) is 22.2 Å². The van der Waals surface area contributed by atoms with Crippen LogP contribution >= 0.6 is 15.9 Å². The third-order valence-electron chi connectivity index (χ3n) is 1.72. The standard InChI is InChI=1S/C9H4BrF2O/c10-6-3-5-1-2-13-8(5)7(4-6)9(11)12/h1,3-4,9H. The molecule has 0 atom stereocenters. The highest BCUT2D eigenvalue weighted by Crippen LogP contribution is 2.31. The molecule has 0 saturated heterocycles. The van der Waals surface area contributed by atoms with Gasteiger partial charge in [-0.3, -0.25) is 0 Å². The van der Waals surface area contributed by atoms with Gasteiger partial charge in [0.15, 0.2) is 6.26 Å². The van der Waals surface area contributed by atoms with Gasteiger partial charge in [0, 0.05) is 9.86 Å². The molecule has 0 spiro atoms. The lowest BCUT2D eigenvalue weighted by atomic mass is 10.1. The molecule has 67 valence electrons. The summed E-state index contributed by atoms with van der Waals surface area (Å²) in [6.45, 7) is 0. The summed E-state index contributed by atoms with van der Waals surface area (Å²) in [5.41, 5.74) is 0.101. The highest BCUT2D eigenvalue weighted by molar-refractivity contribution is 9.10. The summed E-state index contributed by atoms with van der Waals surface area (Å²) in [5, 5.41) is 0.629. The fourth-order valence-corrected chi connectivity index (χ4v) is 1.67. The first-order chi connectivity index (χ1) is 6.18. The quantitative estimate of drug-likeness (QED) is 0.742. The van der Waals surface area contributed by atoms with Crippen LogP contribution in [0.1, 0.15) is 12.0 Å². The molecular formula is C9H4BrF2O. The molecule has 0 aliphatic rings. The summed E-state index contributed by atoms with van der Waals surface area (Å²) < 4.78 is 30.4. The van der Waals surface area contributed by atoms with E-state index < -0.39 is 6.43 Å². The van der Waals surface area contributed by atoms with Crippen molar-refractivity contribution < 1.29 is 13.2 Å². The largest absolute Gasteiger partial charge is 0.452 e. The fraction of sp³-hybridized carbons (Fsp3) is 0.111. The summed E-state index contributed by atoms with van der Waals surface area (Å²) in [7, 11) is 0. The van der Waals surface area contributed by atoms with Crippen LogP contribution in [0.3, 0.4) is 0 Å². The maximum absolute atomic E-state index is 12.5. The Morgan fingerprint density at radius 2 is 2.15 bits per heavy atom. The Bertz CT molecular complexity index is 436. The first-order valence-corrected chi connectivity index (χ1v) is 4.35. The molecule has 1 radical (unpaired) electrons. The van der Waals surface area contributed by atoms with Crippen LogP contribution in [0.15, 0.2) is 27.1 Å². The molecule has 0 saturated carbocycles. The molecule has 4 heteroatoms. The summed E-state index contributed by atoms with van der Waals surface area (Å²) in [6, 6.07) is 4.59. The monoisotopic (exact) mass is 245 g/mol. The number of halogens is 3. The Morgan fingerprint density at radius 3 is 2.85 bits per heavy atom. The molecule has 0 bridgehead atoms. The van der Waals surface area contributed by atoms with Crippen LogP contribution in [0.2, 0.25) is 0 Å². The Kier molecular flexibility index (Phi) is 2.07. The minimum atomic E-state index is -2.53. The van der Waals surface area contributed by atoms with E-state index in [9.17, 15) is 8.78 Å². The van der Waals surface area contributed by atoms with Gasteiger partial charge in [-0.15, -0.1) is 0 Å². The summed E-state index contributed by atoms with van der Waals surface area (Å²) in [6.07, 6.45) is -0.0972. The second kappa shape index (κ2) is 3.10. The van der Waals surface area contributed by atoms with Gasteiger partial charge in [0.2, 0.25) is 0 Å². The van der Waals surface area contributed by atoms with E-state index in [0.717, 1.165) is 0 Å². The number of hydrogen-bond acceptors (Lipinski definition) is 1. The van der Waals surface area contributed by atoms with Crippen molar-refractivity contribution in [3.63, 3.8) is 0 Å². The smallest absolute Gasteiger partial charge is 0.267 e. The number of furan rings is 1. The molecule has 1 aromatic carbocycles. The highest BCUT2D eigenvalue weighted by atomic mass is 79.9. The number of rotatable bonds is 1. The van der Waals surface area contributed by atoms with Crippen LogP contribution in [0.5, 0.6) is 0 Å². The first-order valence-electron chi connectivity index (χ1n) is 3.55. The number of benzene rings is 1. The van der Waals surface area contributed by atoms with Crippen LogP contribution in [0.4, 0.5) is 8.78 Å². The number of alkyl halides is 2. The summed E-state index contributed by atoms with van der Waals surface area (Å²) in [5.74, 6) is 0. The minimum absolute atomic E-state index is 0.106. The fourth-order valence-electron chi connectivity index (χ4n) is 1.18. The van der Waals surface area contributed by atoms with E-state index in [4.69, 9.17) is 4.42 Å². The van der Waals surface area contributed by atoms with Crippen molar-refractivity contribution in [2.45, 2.75) is 6.43 Å². The third-order valence-corrected chi connectivity index (χ3v) is 2.18. The Labute approximate surface area is 81.5 Å². The molecule has 1 aromatic heterocycles. The molecule has 2 rings (SSSR count). The van der Waals surface area contributed by atoms with Gasteiger partial charge >= 0.3 is 0 Å². The van der Waals surface area contributed by atoms with Crippen molar-refractivity contribution in [1.82, 2.24) is 0 Å². The molecule has 0 amide bonds. The van der Waals surface area contributed by atoms with Gasteiger partial charge in [-0.1, -0.05) is 15.9 Å². The second-order valence-electron chi connectivity index (χ2n) is 2.58. The number of fused-ring (bicyclic) bond motifs is 1. The minimum Gasteiger partial charge on any atom is -0.452 e. The Hall–Kier alpha value is -0.900. The lowest BCUT2D eigenvalue weighted by molar-refractivity contribution is 0.151. The predicted octanol–water partition coefficient (Wildman–Crippen LogP) is 3.93. The van der Waals surface area contributed by atoms with Gasteiger partial charge in [0.1, 0.15) is 5.58 Å².